The van der Waals surface area contributed by atoms with E-state index in [0.29, 0.717) is 0 Å². The van der Waals surface area contributed by atoms with E-state index in [1.807, 2.05) is 36.4 Å². The van der Waals surface area contributed by atoms with Crippen LogP contribution < -0.4 is 36.9 Å². The maximum absolute atomic E-state index is 12.7. The molecule has 1 amide bonds. The van der Waals surface area contributed by atoms with Crippen LogP contribution in [0.3, 0.4) is 0 Å². The van der Waals surface area contributed by atoms with Gasteiger partial charge in [0.1, 0.15) is 11.8 Å². The third-order valence-electron chi connectivity index (χ3n) is 7.34. The average Bonchev–Trinajstić information content (AvgIpc) is 3.39. The summed E-state index contributed by atoms with van der Waals surface area (Å²) < 4.78 is 8.17. The molecule has 1 heterocycles. The van der Waals surface area contributed by atoms with E-state index in [0.717, 1.165) is 36.6 Å². The first-order valence-electron chi connectivity index (χ1n) is 15.3. The highest BCUT2D eigenvalue weighted by Gasteiger charge is 2.19. The zero-order chi connectivity index (χ0) is 28.4. The van der Waals surface area contributed by atoms with E-state index in [2.05, 4.69) is 52.9 Å². The van der Waals surface area contributed by atoms with E-state index in [4.69, 9.17) is 4.74 Å². The van der Waals surface area contributed by atoms with Gasteiger partial charge in [0, 0.05) is 18.3 Å². The smallest absolute Gasteiger partial charge is 0.246 e. The van der Waals surface area contributed by atoms with Crippen LogP contribution in [0.5, 0.6) is 5.75 Å². The molecule has 0 saturated carbocycles. The van der Waals surface area contributed by atoms with Crippen molar-refractivity contribution in [2.75, 3.05) is 19.0 Å². The van der Waals surface area contributed by atoms with Crippen molar-refractivity contribution in [3.63, 3.8) is 0 Å². The summed E-state index contributed by atoms with van der Waals surface area (Å²) in [6.07, 6.45) is 18.2. The van der Waals surface area contributed by atoms with Gasteiger partial charge in [0.25, 0.3) is 0 Å². The fraction of sp³-hybridized carbons (Fsp3) is 0.529. The van der Waals surface area contributed by atoms with Gasteiger partial charge in [-0.15, -0.1) is 0 Å². The number of hydrogen-bond donors (Lipinski definition) is 2. The summed E-state index contributed by atoms with van der Waals surface area (Å²) in [5.41, 5.74) is 5.18. The SMILES string of the molecule is CCCCCCCCCCCCCCOc1ccc(C(Nc2ccc(C[n+]3csc(C)c3)cc2)C(=O)NC)cc1.[Br-]. The third kappa shape index (κ3) is 13.4. The van der Waals surface area contributed by atoms with Gasteiger partial charge in [-0.2, -0.15) is 4.57 Å². The summed E-state index contributed by atoms with van der Waals surface area (Å²) in [6, 6.07) is 15.7. The summed E-state index contributed by atoms with van der Waals surface area (Å²) in [5, 5.41) is 6.19. The molecule has 1 aromatic heterocycles. The van der Waals surface area contributed by atoms with E-state index >= 15 is 0 Å². The highest BCUT2D eigenvalue weighted by atomic mass is 79.9. The lowest BCUT2D eigenvalue weighted by atomic mass is 10.0. The number of carbonyl (C=O) groups excluding carboxylic acids is 1. The number of benzene rings is 2. The minimum Gasteiger partial charge on any atom is -1.00 e. The Kier molecular flexibility index (Phi) is 17.4. The number of unbranched alkanes of at least 4 members (excludes halogenated alkanes) is 11. The predicted molar refractivity (Wildman–Crippen MR) is 168 cm³/mol. The van der Waals surface area contributed by atoms with Crippen molar-refractivity contribution in [3.05, 3.63) is 76.2 Å². The lowest BCUT2D eigenvalue weighted by Crippen LogP contribution is -3.00. The fourth-order valence-corrected chi connectivity index (χ4v) is 5.58. The van der Waals surface area contributed by atoms with Crippen molar-refractivity contribution >= 4 is 22.9 Å². The summed E-state index contributed by atoms with van der Waals surface area (Å²) in [6.45, 7) is 5.97. The van der Waals surface area contributed by atoms with Gasteiger partial charge in [0.2, 0.25) is 11.4 Å². The van der Waals surface area contributed by atoms with Crippen molar-refractivity contribution in [1.29, 1.82) is 0 Å². The standard InChI is InChI=1S/C34H49N3O2S.BrH/c1-4-5-6-7-8-9-10-11-12-13-14-15-24-39-32-22-18-30(19-23-32)33(34(38)35-3)36-31-20-16-29(17-21-31)26-37-25-28(2)40-27-37;/h16-23,25,27,33,36H,4-15,24,26H2,1-3H3;1H. The van der Waals surface area contributed by atoms with Crippen LogP contribution in [-0.2, 0) is 11.3 Å². The van der Waals surface area contributed by atoms with Crippen molar-refractivity contribution < 1.29 is 31.1 Å². The number of carbonyl (C=O) groups is 1. The minimum absolute atomic E-state index is 0. The largest absolute Gasteiger partial charge is 1.00 e. The second kappa shape index (κ2) is 20.5. The zero-order valence-corrected chi connectivity index (χ0v) is 27.7. The molecule has 0 aliphatic heterocycles. The molecule has 1 unspecified atom stereocenters. The molecule has 7 heteroatoms. The molecule has 1 atom stereocenters. The van der Waals surface area contributed by atoms with Gasteiger partial charge in [0.15, 0.2) is 12.7 Å². The fourth-order valence-electron chi connectivity index (χ4n) is 4.95. The van der Waals surface area contributed by atoms with Gasteiger partial charge in [-0.1, -0.05) is 113 Å². The van der Waals surface area contributed by atoms with Crippen LogP contribution in [0, 0.1) is 6.92 Å². The van der Waals surface area contributed by atoms with Gasteiger partial charge < -0.3 is 32.4 Å². The Bertz CT molecular complexity index is 1100. The van der Waals surface area contributed by atoms with Crippen LogP contribution in [0.1, 0.15) is 106 Å². The van der Waals surface area contributed by atoms with Gasteiger partial charge in [0.05, 0.1) is 11.5 Å². The first-order chi connectivity index (χ1) is 19.6. The minimum atomic E-state index is -0.477. The first-order valence-corrected chi connectivity index (χ1v) is 16.2. The van der Waals surface area contributed by atoms with Crippen molar-refractivity contribution in [2.24, 2.45) is 0 Å². The number of nitrogens with one attached hydrogen (secondary N) is 2. The van der Waals surface area contributed by atoms with Crippen LogP contribution >= 0.6 is 11.3 Å². The number of halogens is 1. The lowest BCUT2D eigenvalue weighted by molar-refractivity contribution is -0.683. The Morgan fingerprint density at radius 3 is 1.98 bits per heavy atom. The molecule has 0 radical (unpaired) electrons. The van der Waals surface area contributed by atoms with Gasteiger partial charge in [-0.05, 0) is 43.2 Å². The van der Waals surface area contributed by atoms with Crippen molar-refractivity contribution in [3.8, 4) is 5.75 Å². The quantitative estimate of drug-likeness (QED) is 0.128. The topological polar surface area (TPSA) is 54.2 Å². The Hall–Kier alpha value is -2.38. The molecule has 3 rings (SSSR count). The number of aryl methyl sites for hydroxylation is 1. The van der Waals surface area contributed by atoms with Crippen molar-refractivity contribution in [2.45, 2.75) is 103 Å². The Morgan fingerprint density at radius 1 is 0.854 bits per heavy atom. The van der Waals surface area contributed by atoms with Crippen LogP contribution in [0.15, 0.2) is 60.2 Å². The van der Waals surface area contributed by atoms with Crippen LogP contribution in [0.4, 0.5) is 5.69 Å². The van der Waals surface area contributed by atoms with Crippen LogP contribution in [0.25, 0.3) is 0 Å². The van der Waals surface area contributed by atoms with Gasteiger partial charge in [-0.25, -0.2) is 0 Å². The van der Waals surface area contributed by atoms with Crippen molar-refractivity contribution in [1.82, 2.24) is 5.32 Å². The van der Waals surface area contributed by atoms with Gasteiger partial charge >= 0.3 is 0 Å². The van der Waals surface area contributed by atoms with E-state index in [1.165, 1.54) is 81.1 Å². The number of likely N-dealkylation sites (N-methyl/N-ethyl adjacent to an activating group) is 1. The molecule has 0 aliphatic carbocycles. The Morgan fingerprint density at radius 2 is 1.44 bits per heavy atom. The normalized spacial score (nSPS) is 11.5. The van der Waals surface area contributed by atoms with E-state index < -0.39 is 6.04 Å². The summed E-state index contributed by atoms with van der Waals surface area (Å²) in [7, 11) is 1.67. The zero-order valence-electron chi connectivity index (χ0n) is 25.3. The van der Waals surface area contributed by atoms with Crippen LogP contribution in [-0.4, -0.2) is 19.6 Å². The number of ether oxygens (including phenoxy) is 1. The average molecular weight is 645 g/mol. The van der Waals surface area contributed by atoms with E-state index in [9.17, 15) is 4.79 Å². The number of amides is 1. The van der Waals surface area contributed by atoms with Crippen LogP contribution in [0.2, 0.25) is 0 Å². The monoisotopic (exact) mass is 643 g/mol. The molecule has 0 bridgehead atoms. The lowest BCUT2D eigenvalue weighted by Gasteiger charge is -2.19. The third-order valence-corrected chi connectivity index (χ3v) is 8.19. The molecule has 0 aliphatic rings. The van der Waals surface area contributed by atoms with Gasteiger partial charge in [-0.3, -0.25) is 4.79 Å². The molecule has 2 N–H and O–H groups in total. The predicted octanol–water partition coefficient (Wildman–Crippen LogP) is 5.38. The summed E-state index contributed by atoms with van der Waals surface area (Å²) >= 11 is 1.75. The maximum Gasteiger partial charge on any atom is 0.246 e. The number of aromatic nitrogens is 1. The number of anilines is 1. The Balaban J connectivity index is 0.00000588. The molecule has 0 fully saturated rings. The first kappa shape index (κ1) is 34.8. The second-order valence-electron chi connectivity index (χ2n) is 10.8. The molecular weight excluding hydrogens is 594 g/mol. The maximum atomic E-state index is 12.7. The molecule has 2 aromatic carbocycles. The molecular formula is C34H50BrN3O2S. The highest BCUT2D eigenvalue weighted by Crippen LogP contribution is 2.23. The number of hydrogen-bond acceptors (Lipinski definition) is 4. The molecule has 5 nitrogen and oxygen atoms in total. The summed E-state index contributed by atoms with van der Waals surface area (Å²) in [5.74, 6) is 0.784. The molecule has 41 heavy (non-hydrogen) atoms. The van der Waals surface area contributed by atoms with E-state index in [-0.39, 0.29) is 22.9 Å². The summed E-state index contributed by atoms with van der Waals surface area (Å²) in [4.78, 5) is 14.0. The van der Waals surface area contributed by atoms with E-state index in [1.54, 1.807) is 18.4 Å². The molecule has 226 valence electrons. The Labute approximate surface area is 262 Å². The molecule has 0 spiro atoms. The molecule has 3 aromatic rings. The number of thiazole rings is 1. The highest BCUT2D eigenvalue weighted by molar-refractivity contribution is 7.09. The number of nitrogens with zero attached hydrogens (tertiary/aromatic N) is 1. The number of rotatable bonds is 20. The second-order valence-corrected chi connectivity index (χ2v) is 11.9. The molecule has 0 saturated heterocycles.